The number of aromatic nitrogens is 2. The molecule has 1 aromatic heterocycles. The quantitative estimate of drug-likeness (QED) is 0.555. The van der Waals surface area contributed by atoms with Gasteiger partial charge in [-0.15, -0.1) is 5.10 Å². The van der Waals surface area contributed by atoms with Crippen LogP contribution in [0, 0.1) is 0 Å². The van der Waals surface area contributed by atoms with Crippen LogP contribution < -0.4 is 14.4 Å². The van der Waals surface area contributed by atoms with Gasteiger partial charge in [0.1, 0.15) is 11.5 Å². The van der Waals surface area contributed by atoms with Crippen molar-refractivity contribution in [3.8, 4) is 11.5 Å². The number of benzene rings is 2. The third kappa shape index (κ3) is 4.65. The number of ketones is 1. The third-order valence-corrected chi connectivity index (χ3v) is 4.45. The molecule has 0 fully saturated rings. The fraction of sp³-hybridized carbons (Fsp3) is 0.227. The van der Waals surface area contributed by atoms with Gasteiger partial charge >= 0.3 is 0 Å². The summed E-state index contributed by atoms with van der Waals surface area (Å²) in [5.41, 5.74) is 2.71. The van der Waals surface area contributed by atoms with E-state index < -0.39 is 0 Å². The molecule has 0 spiro atoms. The van der Waals surface area contributed by atoms with Crippen molar-refractivity contribution in [3.05, 3.63) is 77.5 Å². The van der Waals surface area contributed by atoms with Gasteiger partial charge in [-0.1, -0.05) is 24.3 Å². The van der Waals surface area contributed by atoms with Crippen molar-refractivity contribution in [1.82, 2.24) is 10.2 Å². The Bertz CT molecular complexity index is 875. The summed E-state index contributed by atoms with van der Waals surface area (Å²) in [6, 6.07) is 17.4. The van der Waals surface area contributed by atoms with Gasteiger partial charge in [0.15, 0.2) is 11.6 Å². The molecule has 3 rings (SSSR count). The Kier molecular flexibility index (Phi) is 6.22. The molecule has 0 amide bonds. The van der Waals surface area contributed by atoms with E-state index in [1.54, 1.807) is 33.4 Å². The van der Waals surface area contributed by atoms with Crippen molar-refractivity contribution in [2.24, 2.45) is 0 Å². The number of hydrogen-bond acceptors (Lipinski definition) is 6. The molecule has 0 aliphatic carbocycles. The number of carbonyl (C=O) groups is 1. The largest absolute Gasteiger partial charge is 0.497 e. The number of hydrogen-bond donors (Lipinski definition) is 0. The van der Waals surface area contributed by atoms with Crippen molar-refractivity contribution in [1.29, 1.82) is 0 Å². The second kappa shape index (κ2) is 8.99. The highest BCUT2D eigenvalue weighted by atomic mass is 16.5. The topological polar surface area (TPSA) is 64.6 Å². The lowest BCUT2D eigenvalue weighted by molar-refractivity contribution is 0.101. The molecule has 0 saturated carbocycles. The standard InChI is InChI=1S/C22H23N3O3/c1-16(26)21-12-13-23-24-22(21)25(14-17-4-8-19(27-2)9-5-17)15-18-6-10-20(28-3)11-7-18/h4-13H,14-15H2,1-3H3. The highest BCUT2D eigenvalue weighted by Crippen LogP contribution is 2.24. The summed E-state index contributed by atoms with van der Waals surface area (Å²) in [4.78, 5) is 14.2. The van der Waals surface area contributed by atoms with Gasteiger partial charge in [0.05, 0.1) is 26.0 Å². The molecule has 0 atom stereocenters. The minimum absolute atomic E-state index is 0.0423. The van der Waals surface area contributed by atoms with Crippen LogP contribution in [-0.2, 0) is 13.1 Å². The molecule has 0 unspecified atom stereocenters. The SMILES string of the molecule is COc1ccc(CN(Cc2ccc(OC)cc2)c2nnccc2C(C)=O)cc1. The van der Waals surface area contributed by atoms with Gasteiger partial charge in [0, 0.05) is 13.1 Å². The number of ether oxygens (including phenoxy) is 2. The van der Waals surface area contributed by atoms with Crippen molar-refractivity contribution >= 4 is 11.6 Å². The zero-order valence-corrected chi connectivity index (χ0v) is 16.3. The minimum atomic E-state index is -0.0423. The van der Waals surface area contributed by atoms with Crippen LogP contribution in [0.2, 0.25) is 0 Å². The van der Waals surface area contributed by atoms with Gasteiger partial charge in [-0.2, -0.15) is 5.10 Å². The molecule has 3 aromatic rings. The Morgan fingerprint density at radius 2 is 1.36 bits per heavy atom. The molecule has 2 aromatic carbocycles. The molecule has 0 aliphatic rings. The van der Waals surface area contributed by atoms with E-state index in [1.807, 2.05) is 53.4 Å². The average molecular weight is 377 g/mol. The number of anilines is 1. The van der Waals surface area contributed by atoms with E-state index in [1.165, 1.54) is 0 Å². The van der Waals surface area contributed by atoms with E-state index in [9.17, 15) is 4.79 Å². The molecular weight excluding hydrogens is 354 g/mol. The number of methoxy groups -OCH3 is 2. The van der Waals surface area contributed by atoms with Crippen LogP contribution in [0.15, 0.2) is 60.8 Å². The number of Topliss-reactive ketones (excluding diaryl/α,β-unsaturated/α-hetero) is 1. The maximum Gasteiger partial charge on any atom is 0.163 e. The Hall–Kier alpha value is -3.41. The monoisotopic (exact) mass is 377 g/mol. The third-order valence-electron chi connectivity index (χ3n) is 4.45. The first-order chi connectivity index (χ1) is 13.6. The van der Waals surface area contributed by atoms with Crippen LogP contribution >= 0.6 is 0 Å². The number of carbonyl (C=O) groups excluding carboxylic acids is 1. The summed E-state index contributed by atoms with van der Waals surface area (Å²) in [5, 5.41) is 8.27. The molecule has 1 heterocycles. The molecular formula is C22H23N3O3. The molecule has 144 valence electrons. The van der Waals surface area contributed by atoms with Crippen molar-refractivity contribution in [2.75, 3.05) is 19.1 Å². The summed E-state index contributed by atoms with van der Waals surface area (Å²) in [5.74, 6) is 2.13. The number of nitrogens with zero attached hydrogens (tertiary/aromatic N) is 3. The predicted octanol–water partition coefficient (Wildman–Crippen LogP) is 3.90. The molecule has 28 heavy (non-hydrogen) atoms. The average Bonchev–Trinajstić information content (AvgIpc) is 2.74. The van der Waals surface area contributed by atoms with Crippen molar-refractivity contribution in [3.63, 3.8) is 0 Å². The summed E-state index contributed by atoms with van der Waals surface area (Å²) in [6.45, 7) is 2.70. The summed E-state index contributed by atoms with van der Waals surface area (Å²) < 4.78 is 10.5. The Labute approximate surface area is 164 Å². The first-order valence-corrected chi connectivity index (χ1v) is 8.94. The highest BCUT2D eigenvalue weighted by Gasteiger charge is 2.17. The van der Waals surface area contributed by atoms with Crippen LogP contribution in [0.5, 0.6) is 11.5 Å². The molecule has 0 radical (unpaired) electrons. The van der Waals surface area contributed by atoms with E-state index >= 15 is 0 Å². The molecule has 6 nitrogen and oxygen atoms in total. The van der Waals surface area contributed by atoms with Gasteiger partial charge in [-0.3, -0.25) is 4.79 Å². The summed E-state index contributed by atoms with van der Waals surface area (Å²) >= 11 is 0. The van der Waals surface area contributed by atoms with Gasteiger partial charge in [-0.25, -0.2) is 0 Å². The molecule has 0 aliphatic heterocycles. The smallest absolute Gasteiger partial charge is 0.163 e. The Morgan fingerprint density at radius 1 is 0.857 bits per heavy atom. The van der Waals surface area contributed by atoms with Gasteiger partial charge < -0.3 is 14.4 Å². The van der Waals surface area contributed by atoms with Crippen molar-refractivity contribution < 1.29 is 14.3 Å². The summed E-state index contributed by atoms with van der Waals surface area (Å²) in [7, 11) is 3.29. The fourth-order valence-electron chi connectivity index (χ4n) is 2.94. The summed E-state index contributed by atoms with van der Waals surface area (Å²) in [6.07, 6.45) is 1.54. The van der Waals surface area contributed by atoms with Gasteiger partial charge in [0.25, 0.3) is 0 Å². The Morgan fingerprint density at radius 3 is 1.79 bits per heavy atom. The second-order valence-corrected chi connectivity index (χ2v) is 6.38. The van der Waals surface area contributed by atoms with Crippen LogP contribution in [0.4, 0.5) is 5.82 Å². The second-order valence-electron chi connectivity index (χ2n) is 6.38. The number of rotatable bonds is 8. The Balaban J connectivity index is 1.93. The van der Waals surface area contributed by atoms with E-state index in [0.29, 0.717) is 24.5 Å². The highest BCUT2D eigenvalue weighted by molar-refractivity contribution is 5.98. The zero-order chi connectivity index (χ0) is 19.9. The minimum Gasteiger partial charge on any atom is -0.497 e. The van der Waals surface area contributed by atoms with Gasteiger partial charge in [-0.05, 0) is 48.4 Å². The van der Waals surface area contributed by atoms with Crippen LogP contribution in [-0.4, -0.2) is 30.2 Å². The molecule has 0 bridgehead atoms. The fourth-order valence-corrected chi connectivity index (χ4v) is 2.94. The van der Waals surface area contributed by atoms with Crippen LogP contribution in [0.3, 0.4) is 0 Å². The molecule has 6 heteroatoms. The van der Waals surface area contributed by atoms with Gasteiger partial charge in [0.2, 0.25) is 0 Å². The lowest BCUT2D eigenvalue weighted by Gasteiger charge is -2.25. The van der Waals surface area contributed by atoms with Crippen molar-refractivity contribution in [2.45, 2.75) is 20.0 Å². The van der Waals surface area contributed by atoms with E-state index in [-0.39, 0.29) is 5.78 Å². The lowest BCUT2D eigenvalue weighted by atomic mass is 10.1. The zero-order valence-electron chi connectivity index (χ0n) is 16.3. The van der Waals surface area contributed by atoms with Crippen LogP contribution in [0.25, 0.3) is 0 Å². The lowest BCUT2D eigenvalue weighted by Crippen LogP contribution is -2.25. The molecule has 0 N–H and O–H groups in total. The van der Waals surface area contributed by atoms with E-state index in [2.05, 4.69) is 10.2 Å². The van der Waals surface area contributed by atoms with Crippen LogP contribution in [0.1, 0.15) is 28.4 Å². The molecule has 0 saturated heterocycles. The predicted molar refractivity (Wildman–Crippen MR) is 108 cm³/mol. The van der Waals surface area contributed by atoms with E-state index in [4.69, 9.17) is 9.47 Å². The van der Waals surface area contributed by atoms with E-state index in [0.717, 1.165) is 22.6 Å². The first kappa shape index (κ1) is 19.4. The first-order valence-electron chi connectivity index (χ1n) is 8.94. The maximum atomic E-state index is 12.1. The normalized spacial score (nSPS) is 10.4. The maximum absolute atomic E-state index is 12.1.